The van der Waals surface area contributed by atoms with E-state index in [1.54, 1.807) is 18.3 Å². The SMILES string of the molecule is O=C(c1ccc(COc2ccccc2)o1)N1CCN(c2ccccn2)CC1. The van der Waals surface area contributed by atoms with Crippen LogP contribution in [0.15, 0.2) is 71.3 Å². The Morgan fingerprint density at radius 2 is 1.74 bits per heavy atom. The Morgan fingerprint density at radius 1 is 0.963 bits per heavy atom. The molecule has 0 saturated carbocycles. The Hall–Kier alpha value is -3.28. The molecular weight excluding hydrogens is 342 g/mol. The third-order valence-corrected chi connectivity index (χ3v) is 4.54. The van der Waals surface area contributed by atoms with Crippen molar-refractivity contribution in [1.82, 2.24) is 9.88 Å². The molecule has 0 aliphatic carbocycles. The second kappa shape index (κ2) is 7.95. The van der Waals surface area contributed by atoms with Crippen LogP contribution in [-0.4, -0.2) is 42.0 Å². The van der Waals surface area contributed by atoms with E-state index in [1.165, 1.54) is 0 Å². The molecule has 27 heavy (non-hydrogen) atoms. The Kier molecular flexibility index (Phi) is 5.05. The number of hydrogen-bond donors (Lipinski definition) is 0. The summed E-state index contributed by atoms with van der Waals surface area (Å²) < 4.78 is 11.4. The number of pyridine rings is 1. The Morgan fingerprint density at radius 3 is 2.48 bits per heavy atom. The topological polar surface area (TPSA) is 58.8 Å². The molecule has 0 N–H and O–H groups in total. The number of nitrogens with zero attached hydrogens (tertiary/aromatic N) is 3. The zero-order chi connectivity index (χ0) is 18.5. The van der Waals surface area contributed by atoms with Crippen molar-refractivity contribution in [3.63, 3.8) is 0 Å². The number of anilines is 1. The quantitative estimate of drug-likeness (QED) is 0.697. The smallest absolute Gasteiger partial charge is 0.289 e. The molecule has 1 aromatic carbocycles. The summed E-state index contributed by atoms with van der Waals surface area (Å²) in [4.78, 5) is 21.1. The fraction of sp³-hybridized carbons (Fsp3) is 0.238. The number of para-hydroxylation sites is 1. The number of rotatable bonds is 5. The molecule has 1 aliphatic rings. The van der Waals surface area contributed by atoms with Crippen LogP contribution in [0, 0.1) is 0 Å². The zero-order valence-electron chi connectivity index (χ0n) is 15.0. The van der Waals surface area contributed by atoms with Crippen molar-refractivity contribution in [3.05, 3.63) is 78.4 Å². The van der Waals surface area contributed by atoms with Crippen molar-refractivity contribution >= 4 is 11.7 Å². The summed E-state index contributed by atoms with van der Waals surface area (Å²) in [5.74, 6) is 2.62. The lowest BCUT2D eigenvalue weighted by molar-refractivity contribution is 0.0710. The number of amides is 1. The van der Waals surface area contributed by atoms with Crippen molar-refractivity contribution in [2.75, 3.05) is 31.1 Å². The molecule has 1 fully saturated rings. The van der Waals surface area contributed by atoms with Gasteiger partial charge in [0.1, 0.15) is 23.9 Å². The molecule has 0 radical (unpaired) electrons. The van der Waals surface area contributed by atoms with Crippen molar-refractivity contribution in [3.8, 4) is 5.75 Å². The van der Waals surface area contributed by atoms with Gasteiger partial charge < -0.3 is 19.0 Å². The Balaban J connectivity index is 1.32. The van der Waals surface area contributed by atoms with Gasteiger partial charge in [-0.25, -0.2) is 4.98 Å². The number of carbonyl (C=O) groups excluding carboxylic acids is 1. The van der Waals surface area contributed by atoms with Crippen LogP contribution in [-0.2, 0) is 6.61 Å². The largest absolute Gasteiger partial charge is 0.486 e. The van der Waals surface area contributed by atoms with E-state index < -0.39 is 0 Å². The maximum atomic E-state index is 12.7. The lowest BCUT2D eigenvalue weighted by Crippen LogP contribution is -2.49. The van der Waals surface area contributed by atoms with E-state index in [4.69, 9.17) is 9.15 Å². The average molecular weight is 363 g/mol. The zero-order valence-corrected chi connectivity index (χ0v) is 15.0. The van der Waals surface area contributed by atoms with Crippen LogP contribution in [0.2, 0.25) is 0 Å². The van der Waals surface area contributed by atoms with Crippen LogP contribution in [0.5, 0.6) is 5.75 Å². The molecule has 3 aromatic rings. The van der Waals surface area contributed by atoms with Gasteiger partial charge in [-0.1, -0.05) is 24.3 Å². The Bertz CT molecular complexity index is 872. The van der Waals surface area contributed by atoms with Gasteiger partial charge in [-0.3, -0.25) is 4.79 Å². The van der Waals surface area contributed by atoms with Crippen LogP contribution >= 0.6 is 0 Å². The van der Waals surface area contributed by atoms with Crippen LogP contribution in [0.25, 0.3) is 0 Å². The van der Waals surface area contributed by atoms with Crippen LogP contribution in [0.1, 0.15) is 16.3 Å². The number of piperazine rings is 1. The maximum Gasteiger partial charge on any atom is 0.289 e. The molecule has 6 nitrogen and oxygen atoms in total. The minimum Gasteiger partial charge on any atom is -0.486 e. The van der Waals surface area contributed by atoms with Crippen LogP contribution in [0.3, 0.4) is 0 Å². The highest BCUT2D eigenvalue weighted by molar-refractivity contribution is 5.91. The molecule has 3 heterocycles. The van der Waals surface area contributed by atoms with Crippen LogP contribution < -0.4 is 9.64 Å². The number of ether oxygens (including phenoxy) is 1. The fourth-order valence-corrected chi connectivity index (χ4v) is 3.08. The average Bonchev–Trinajstić information content (AvgIpc) is 3.22. The van der Waals surface area contributed by atoms with Gasteiger partial charge in [-0.15, -0.1) is 0 Å². The second-order valence-electron chi connectivity index (χ2n) is 6.33. The van der Waals surface area contributed by atoms with Gasteiger partial charge >= 0.3 is 0 Å². The number of hydrogen-bond acceptors (Lipinski definition) is 5. The first-order valence-electron chi connectivity index (χ1n) is 9.01. The highest BCUT2D eigenvalue weighted by Crippen LogP contribution is 2.17. The van der Waals surface area contributed by atoms with Gasteiger partial charge in [0.05, 0.1) is 0 Å². The van der Waals surface area contributed by atoms with Gasteiger partial charge in [0.15, 0.2) is 5.76 Å². The molecule has 0 unspecified atom stereocenters. The molecule has 0 atom stereocenters. The van der Waals surface area contributed by atoms with Crippen LogP contribution in [0.4, 0.5) is 5.82 Å². The lowest BCUT2D eigenvalue weighted by Gasteiger charge is -2.34. The molecular formula is C21H21N3O3. The maximum absolute atomic E-state index is 12.7. The predicted octanol–water partition coefficient (Wildman–Crippen LogP) is 3.22. The number of aromatic nitrogens is 1. The van der Waals surface area contributed by atoms with E-state index >= 15 is 0 Å². The van der Waals surface area contributed by atoms with Crippen molar-refractivity contribution in [2.45, 2.75) is 6.61 Å². The van der Waals surface area contributed by atoms with Gasteiger partial charge in [-0.2, -0.15) is 0 Å². The highest BCUT2D eigenvalue weighted by Gasteiger charge is 2.24. The normalized spacial score (nSPS) is 14.2. The molecule has 0 spiro atoms. The summed E-state index contributed by atoms with van der Waals surface area (Å²) in [6.07, 6.45) is 1.79. The van der Waals surface area contributed by atoms with E-state index in [0.29, 0.717) is 31.2 Å². The summed E-state index contributed by atoms with van der Waals surface area (Å²) in [6.45, 7) is 3.10. The molecule has 1 aliphatic heterocycles. The second-order valence-corrected chi connectivity index (χ2v) is 6.33. The number of benzene rings is 1. The van der Waals surface area contributed by atoms with Gasteiger partial charge in [0.2, 0.25) is 0 Å². The standard InChI is InChI=1S/C21H21N3O3/c25-21(24-14-12-23(13-15-24)20-8-4-5-11-22-20)19-10-9-18(27-19)16-26-17-6-2-1-3-7-17/h1-11H,12-16H2. The predicted molar refractivity (Wildman–Crippen MR) is 102 cm³/mol. The molecule has 2 aromatic heterocycles. The molecule has 6 heteroatoms. The van der Waals surface area contributed by atoms with E-state index in [9.17, 15) is 4.79 Å². The first-order valence-corrected chi connectivity index (χ1v) is 9.01. The van der Waals surface area contributed by atoms with E-state index in [-0.39, 0.29) is 5.91 Å². The van der Waals surface area contributed by atoms with Gasteiger partial charge in [-0.05, 0) is 36.4 Å². The minimum absolute atomic E-state index is 0.0818. The molecule has 138 valence electrons. The summed E-state index contributed by atoms with van der Waals surface area (Å²) in [7, 11) is 0. The minimum atomic E-state index is -0.0818. The van der Waals surface area contributed by atoms with Crippen molar-refractivity contribution in [2.24, 2.45) is 0 Å². The number of carbonyl (C=O) groups is 1. The van der Waals surface area contributed by atoms with Gasteiger partial charge in [0.25, 0.3) is 5.91 Å². The summed E-state index contributed by atoms with van der Waals surface area (Å²) in [5.41, 5.74) is 0. The van der Waals surface area contributed by atoms with E-state index in [2.05, 4.69) is 9.88 Å². The molecule has 4 rings (SSSR count). The first-order chi connectivity index (χ1) is 13.3. The van der Waals surface area contributed by atoms with E-state index in [1.807, 2.05) is 53.4 Å². The third-order valence-electron chi connectivity index (χ3n) is 4.54. The first kappa shape index (κ1) is 17.1. The van der Waals surface area contributed by atoms with Gasteiger partial charge in [0, 0.05) is 32.4 Å². The summed E-state index contributed by atoms with van der Waals surface area (Å²) >= 11 is 0. The summed E-state index contributed by atoms with van der Waals surface area (Å²) in [6, 6.07) is 18.9. The van der Waals surface area contributed by atoms with Crippen molar-refractivity contribution < 1.29 is 13.9 Å². The monoisotopic (exact) mass is 363 g/mol. The lowest BCUT2D eigenvalue weighted by atomic mass is 10.2. The number of furan rings is 1. The fourth-order valence-electron chi connectivity index (χ4n) is 3.08. The molecule has 1 saturated heterocycles. The van der Waals surface area contributed by atoms with Crippen molar-refractivity contribution in [1.29, 1.82) is 0 Å². The summed E-state index contributed by atoms with van der Waals surface area (Å²) in [5, 5.41) is 0. The Labute approximate surface area is 158 Å². The molecule has 1 amide bonds. The molecule has 0 bridgehead atoms. The third kappa shape index (κ3) is 4.11. The highest BCUT2D eigenvalue weighted by atomic mass is 16.5. The van der Waals surface area contributed by atoms with E-state index in [0.717, 1.165) is 24.7 Å².